The summed E-state index contributed by atoms with van der Waals surface area (Å²) >= 11 is 0. The smallest absolute Gasteiger partial charge is 0.220 e. The molecule has 2 unspecified atom stereocenters. The minimum atomic E-state index is -0.0693. The Morgan fingerprint density at radius 3 is 2.78 bits per heavy atom. The second-order valence-electron chi connectivity index (χ2n) is 8.95. The molecule has 0 bridgehead atoms. The Bertz CT molecular complexity index is 857. The third-order valence-electron chi connectivity index (χ3n) is 5.86. The molecule has 0 spiro atoms. The van der Waals surface area contributed by atoms with Crippen molar-refractivity contribution in [2.24, 2.45) is 11.8 Å². The fourth-order valence-electron chi connectivity index (χ4n) is 4.45. The summed E-state index contributed by atoms with van der Waals surface area (Å²) in [5, 5.41) is 3.29. The first-order chi connectivity index (χ1) is 15.5. The van der Waals surface area contributed by atoms with Crippen LogP contribution in [0.25, 0.3) is 0 Å². The van der Waals surface area contributed by atoms with Crippen molar-refractivity contribution < 1.29 is 14.3 Å². The lowest BCUT2D eigenvalue weighted by Crippen LogP contribution is -2.43. The number of carbonyl (C=O) groups excluding carboxylic acids is 1. The number of amides is 1. The summed E-state index contributed by atoms with van der Waals surface area (Å²) in [6.07, 6.45) is 4.52. The van der Waals surface area contributed by atoms with Gasteiger partial charge in [-0.15, -0.1) is 0 Å². The Balaban J connectivity index is 1.72. The zero-order valence-electron chi connectivity index (χ0n) is 19.8. The number of nitrogens with zero attached hydrogens (tertiary/aromatic N) is 2. The molecule has 6 heteroatoms. The fraction of sp³-hybridized carbons (Fsp3) is 0.538. The second-order valence-corrected chi connectivity index (χ2v) is 8.95. The van der Waals surface area contributed by atoms with E-state index in [1.54, 1.807) is 7.11 Å². The van der Waals surface area contributed by atoms with Gasteiger partial charge in [0.15, 0.2) is 11.5 Å². The number of benzene rings is 1. The van der Waals surface area contributed by atoms with E-state index < -0.39 is 0 Å². The van der Waals surface area contributed by atoms with Gasteiger partial charge in [0, 0.05) is 25.7 Å². The molecule has 1 aromatic carbocycles. The molecule has 0 saturated carbocycles. The van der Waals surface area contributed by atoms with E-state index in [-0.39, 0.29) is 11.9 Å². The SMILES string of the molecule is CCOc1ccc(CN2CCCC(C(NC(=O)CC(C)C)c3ccccn3)C2)cc1OC. The van der Waals surface area contributed by atoms with Crippen molar-refractivity contribution in [3.05, 3.63) is 53.9 Å². The van der Waals surface area contributed by atoms with Crippen LogP contribution < -0.4 is 14.8 Å². The van der Waals surface area contributed by atoms with Crippen LogP contribution in [0.5, 0.6) is 11.5 Å². The minimum Gasteiger partial charge on any atom is -0.493 e. The molecule has 2 heterocycles. The number of piperidine rings is 1. The minimum absolute atomic E-state index is 0.0693. The molecule has 1 amide bonds. The maximum atomic E-state index is 12.6. The van der Waals surface area contributed by atoms with Gasteiger partial charge in [-0.1, -0.05) is 26.0 Å². The highest BCUT2D eigenvalue weighted by atomic mass is 16.5. The summed E-state index contributed by atoms with van der Waals surface area (Å²) < 4.78 is 11.2. The number of pyridine rings is 1. The quantitative estimate of drug-likeness (QED) is 0.586. The molecule has 1 aliphatic heterocycles. The van der Waals surface area contributed by atoms with Crippen LogP contribution in [-0.2, 0) is 11.3 Å². The van der Waals surface area contributed by atoms with Gasteiger partial charge in [-0.05, 0) is 68.0 Å². The molecule has 1 N–H and O–H groups in total. The van der Waals surface area contributed by atoms with E-state index in [4.69, 9.17) is 9.47 Å². The number of rotatable bonds is 10. The lowest BCUT2D eigenvalue weighted by molar-refractivity contribution is -0.123. The maximum absolute atomic E-state index is 12.6. The Kier molecular flexibility index (Phi) is 8.91. The van der Waals surface area contributed by atoms with Gasteiger partial charge < -0.3 is 14.8 Å². The first-order valence-corrected chi connectivity index (χ1v) is 11.7. The number of likely N-dealkylation sites (tertiary alicyclic amines) is 1. The largest absolute Gasteiger partial charge is 0.493 e. The lowest BCUT2D eigenvalue weighted by Gasteiger charge is -2.37. The Morgan fingerprint density at radius 1 is 1.25 bits per heavy atom. The van der Waals surface area contributed by atoms with Crippen molar-refractivity contribution in [1.82, 2.24) is 15.2 Å². The Hall–Kier alpha value is -2.60. The second kappa shape index (κ2) is 11.9. The van der Waals surface area contributed by atoms with Crippen LogP contribution in [0.4, 0.5) is 0 Å². The van der Waals surface area contributed by atoms with Crippen LogP contribution >= 0.6 is 0 Å². The zero-order valence-corrected chi connectivity index (χ0v) is 19.8. The van der Waals surface area contributed by atoms with E-state index in [1.807, 2.05) is 37.4 Å². The fourth-order valence-corrected chi connectivity index (χ4v) is 4.45. The standard InChI is InChI=1S/C26H37N3O3/c1-5-32-23-12-11-20(16-24(23)31-4)17-29-14-8-9-21(18-29)26(22-10-6-7-13-27-22)28-25(30)15-19(2)3/h6-7,10-13,16,19,21,26H,5,8-9,14-15,17-18H2,1-4H3,(H,28,30). The first kappa shape index (κ1) is 24.1. The molecule has 2 aromatic rings. The molecule has 2 atom stereocenters. The van der Waals surface area contributed by atoms with Crippen molar-refractivity contribution in [2.75, 3.05) is 26.8 Å². The molecule has 32 heavy (non-hydrogen) atoms. The van der Waals surface area contributed by atoms with Crippen molar-refractivity contribution >= 4 is 5.91 Å². The van der Waals surface area contributed by atoms with Crippen LogP contribution in [0.3, 0.4) is 0 Å². The summed E-state index contributed by atoms with van der Waals surface area (Å²) in [6, 6.07) is 12.0. The summed E-state index contributed by atoms with van der Waals surface area (Å²) in [6.45, 7) is 9.53. The van der Waals surface area contributed by atoms with Crippen LogP contribution in [0, 0.1) is 11.8 Å². The topological polar surface area (TPSA) is 63.7 Å². The lowest BCUT2D eigenvalue weighted by atomic mass is 9.88. The molecule has 1 aliphatic rings. The van der Waals surface area contributed by atoms with Gasteiger partial charge in [0.1, 0.15) is 0 Å². The monoisotopic (exact) mass is 439 g/mol. The van der Waals surface area contributed by atoms with Gasteiger partial charge in [0.2, 0.25) is 5.91 Å². The van der Waals surface area contributed by atoms with E-state index in [1.165, 1.54) is 5.56 Å². The number of hydrogen-bond donors (Lipinski definition) is 1. The van der Waals surface area contributed by atoms with Gasteiger partial charge in [0.05, 0.1) is 25.5 Å². The maximum Gasteiger partial charge on any atom is 0.220 e. The van der Waals surface area contributed by atoms with Crippen LogP contribution in [0.15, 0.2) is 42.6 Å². The average Bonchev–Trinajstić information content (AvgIpc) is 2.79. The molecule has 0 radical (unpaired) electrons. The van der Waals surface area contributed by atoms with Gasteiger partial charge in [-0.3, -0.25) is 14.7 Å². The summed E-state index contributed by atoms with van der Waals surface area (Å²) in [5.74, 6) is 2.30. The van der Waals surface area contributed by atoms with Gasteiger partial charge in [-0.25, -0.2) is 0 Å². The van der Waals surface area contributed by atoms with Gasteiger partial charge in [0.25, 0.3) is 0 Å². The molecule has 174 valence electrons. The molecule has 3 rings (SSSR count). The predicted octanol–water partition coefficient (Wildman–Crippen LogP) is 4.60. The van der Waals surface area contributed by atoms with E-state index >= 15 is 0 Å². The van der Waals surface area contributed by atoms with Crippen LogP contribution in [0.2, 0.25) is 0 Å². The van der Waals surface area contributed by atoms with E-state index in [0.29, 0.717) is 24.9 Å². The van der Waals surface area contributed by atoms with E-state index in [2.05, 4.69) is 41.2 Å². The van der Waals surface area contributed by atoms with Crippen molar-refractivity contribution in [2.45, 2.75) is 52.6 Å². The third-order valence-corrected chi connectivity index (χ3v) is 5.86. The van der Waals surface area contributed by atoms with E-state index in [0.717, 1.165) is 49.7 Å². The number of ether oxygens (including phenoxy) is 2. The molecule has 1 saturated heterocycles. The van der Waals surface area contributed by atoms with Gasteiger partial charge >= 0.3 is 0 Å². The van der Waals surface area contributed by atoms with Crippen LogP contribution in [0.1, 0.15) is 57.3 Å². The first-order valence-electron chi connectivity index (χ1n) is 11.7. The highest BCUT2D eigenvalue weighted by Crippen LogP contribution is 2.32. The van der Waals surface area contributed by atoms with Crippen LogP contribution in [-0.4, -0.2) is 42.6 Å². The molecule has 1 aromatic heterocycles. The van der Waals surface area contributed by atoms with Gasteiger partial charge in [-0.2, -0.15) is 0 Å². The number of nitrogens with one attached hydrogen (secondary N) is 1. The molecule has 0 aliphatic carbocycles. The molecule has 6 nitrogen and oxygen atoms in total. The van der Waals surface area contributed by atoms with Crippen molar-refractivity contribution in [3.8, 4) is 11.5 Å². The highest BCUT2D eigenvalue weighted by molar-refractivity contribution is 5.76. The number of aromatic nitrogens is 1. The average molecular weight is 440 g/mol. The van der Waals surface area contributed by atoms with Crippen molar-refractivity contribution in [1.29, 1.82) is 0 Å². The molecule has 1 fully saturated rings. The number of hydrogen-bond acceptors (Lipinski definition) is 5. The Labute approximate surface area is 192 Å². The van der Waals surface area contributed by atoms with E-state index in [9.17, 15) is 4.79 Å². The number of carbonyl (C=O) groups is 1. The zero-order chi connectivity index (χ0) is 22.9. The Morgan fingerprint density at radius 2 is 2.09 bits per heavy atom. The summed E-state index contributed by atoms with van der Waals surface area (Å²) in [5.41, 5.74) is 2.14. The van der Waals surface area contributed by atoms with Crippen molar-refractivity contribution in [3.63, 3.8) is 0 Å². The molecular formula is C26H37N3O3. The molecular weight excluding hydrogens is 402 g/mol. The summed E-state index contributed by atoms with van der Waals surface area (Å²) in [7, 11) is 1.68. The number of methoxy groups -OCH3 is 1. The summed E-state index contributed by atoms with van der Waals surface area (Å²) in [4.78, 5) is 19.7. The highest BCUT2D eigenvalue weighted by Gasteiger charge is 2.30. The predicted molar refractivity (Wildman–Crippen MR) is 127 cm³/mol. The normalized spacial score (nSPS) is 17.7. The third kappa shape index (κ3) is 6.70.